The molecule has 1 saturated heterocycles. The van der Waals surface area contributed by atoms with Gasteiger partial charge in [-0.15, -0.1) is 0 Å². The van der Waals surface area contributed by atoms with Crippen LogP contribution in [0.4, 0.5) is 5.69 Å². The Morgan fingerprint density at radius 3 is 2.62 bits per heavy atom. The topological polar surface area (TPSA) is 63.6 Å². The van der Waals surface area contributed by atoms with E-state index in [2.05, 4.69) is 5.10 Å². The van der Waals surface area contributed by atoms with E-state index in [-0.39, 0.29) is 5.91 Å². The summed E-state index contributed by atoms with van der Waals surface area (Å²) in [7, 11) is 0. The molecular formula is C19H20N4O. The number of carbonyl (C=O) groups excluding carboxylic acids is 1. The maximum atomic E-state index is 12.8. The van der Waals surface area contributed by atoms with Crippen LogP contribution < -0.4 is 5.73 Å². The molecule has 24 heavy (non-hydrogen) atoms. The summed E-state index contributed by atoms with van der Waals surface area (Å²) in [5, 5.41) is 4.47. The molecule has 3 heterocycles. The third-order valence-electron chi connectivity index (χ3n) is 4.60. The normalized spacial score (nSPS) is 14.9. The van der Waals surface area contributed by atoms with E-state index in [0.29, 0.717) is 11.3 Å². The van der Waals surface area contributed by atoms with Gasteiger partial charge >= 0.3 is 0 Å². The number of nitrogens with two attached hydrogens (primary N) is 1. The van der Waals surface area contributed by atoms with E-state index in [0.717, 1.165) is 42.7 Å². The molecule has 4 rings (SSSR count). The maximum Gasteiger partial charge on any atom is 0.257 e. The van der Waals surface area contributed by atoms with Gasteiger partial charge in [0.25, 0.3) is 5.91 Å². The zero-order chi connectivity index (χ0) is 16.5. The number of hydrogen-bond acceptors (Lipinski definition) is 3. The molecule has 0 radical (unpaired) electrons. The lowest BCUT2D eigenvalue weighted by atomic mass is 10.1. The first-order valence-electron chi connectivity index (χ1n) is 8.36. The predicted octanol–water partition coefficient (Wildman–Crippen LogP) is 3.21. The Hall–Kier alpha value is -2.82. The van der Waals surface area contributed by atoms with E-state index in [9.17, 15) is 4.79 Å². The molecule has 2 aromatic heterocycles. The van der Waals surface area contributed by atoms with Gasteiger partial charge in [-0.05, 0) is 43.5 Å². The minimum Gasteiger partial charge on any atom is -0.399 e. The highest BCUT2D eigenvalue weighted by molar-refractivity contribution is 6.01. The second kappa shape index (κ2) is 6.00. The largest absolute Gasteiger partial charge is 0.399 e. The fourth-order valence-corrected chi connectivity index (χ4v) is 3.36. The monoisotopic (exact) mass is 320 g/mol. The van der Waals surface area contributed by atoms with Crippen molar-refractivity contribution in [2.24, 2.45) is 0 Å². The Kier molecular flexibility index (Phi) is 3.69. The molecule has 1 fully saturated rings. The number of carbonyl (C=O) groups is 1. The lowest BCUT2D eigenvalue weighted by molar-refractivity contribution is 0.0726. The van der Waals surface area contributed by atoms with Gasteiger partial charge in [0, 0.05) is 24.3 Å². The fraction of sp³-hybridized carbons (Fsp3) is 0.263. The van der Waals surface area contributed by atoms with Crippen molar-refractivity contribution in [1.29, 1.82) is 0 Å². The number of amides is 1. The highest BCUT2D eigenvalue weighted by atomic mass is 16.2. The molecule has 0 atom stereocenters. The third kappa shape index (κ3) is 2.52. The molecular weight excluding hydrogens is 300 g/mol. The van der Waals surface area contributed by atoms with Crippen molar-refractivity contribution < 1.29 is 4.79 Å². The fourth-order valence-electron chi connectivity index (χ4n) is 3.36. The average molecular weight is 320 g/mol. The molecule has 2 N–H and O–H groups in total. The van der Waals surface area contributed by atoms with Gasteiger partial charge < -0.3 is 10.6 Å². The predicted molar refractivity (Wildman–Crippen MR) is 94.8 cm³/mol. The SMILES string of the molecule is Nc1cccc(-c2cccc3c(C(=O)N4CCCCC4)cnn23)c1. The van der Waals surface area contributed by atoms with Gasteiger partial charge in [-0.1, -0.05) is 18.2 Å². The molecule has 3 aromatic rings. The summed E-state index contributed by atoms with van der Waals surface area (Å²) in [4.78, 5) is 14.8. The summed E-state index contributed by atoms with van der Waals surface area (Å²) >= 11 is 0. The number of nitrogen functional groups attached to an aromatic ring is 1. The second-order valence-corrected chi connectivity index (χ2v) is 6.24. The number of nitrogens with zero attached hydrogens (tertiary/aromatic N) is 3. The van der Waals surface area contributed by atoms with Crippen molar-refractivity contribution in [3.05, 3.63) is 54.2 Å². The number of anilines is 1. The van der Waals surface area contributed by atoms with Gasteiger partial charge in [0.2, 0.25) is 0 Å². The standard InChI is InChI=1S/C19H20N4O/c20-15-7-4-6-14(12-15)17-8-5-9-18-16(13-21-23(17)18)19(24)22-10-2-1-3-11-22/h4-9,12-13H,1-3,10-11,20H2. The molecule has 0 saturated carbocycles. The first kappa shape index (κ1) is 14.8. The van der Waals surface area contributed by atoms with Gasteiger partial charge in [0.15, 0.2) is 0 Å². The third-order valence-corrected chi connectivity index (χ3v) is 4.60. The Labute approximate surface area is 140 Å². The lowest BCUT2D eigenvalue weighted by Gasteiger charge is -2.26. The minimum absolute atomic E-state index is 0.0782. The Bertz CT molecular complexity index is 893. The number of hydrogen-bond donors (Lipinski definition) is 1. The van der Waals surface area contributed by atoms with Crippen molar-refractivity contribution in [1.82, 2.24) is 14.5 Å². The molecule has 0 unspecified atom stereocenters. The number of likely N-dealkylation sites (tertiary alicyclic amines) is 1. The van der Waals surface area contributed by atoms with E-state index in [4.69, 9.17) is 5.73 Å². The summed E-state index contributed by atoms with van der Waals surface area (Å²) < 4.78 is 1.83. The Morgan fingerprint density at radius 2 is 1.83 bits per heavy atom. The van der Waals surface area contributed by atoms with E-state index >= 15 is 0 Å². The molecule has 1 amide bonds. The smallest absolute Gasteiger partial charge is 0.257 e. The molecule has 0 bridgehead atoms. The summed E-state index contributed by atoms with van der Waals surface area (Å²) in [6.07, 6.45) is 5.05. The van der Waals surface area contributed by atoms with E-state index in [1.807, 2.05) is 51.9 Å². The van der Waals surface area contributed by atoms with Crippen LogP contribution in [0.1, 0.15) is 29.6 Å². The van der Waals surface area contributed by atoms with Crippen molar-refractivity contribution in [3.63, 3.8) is 0 Å². The Balaban J connectivity index is 1.77. The van der Waals surface area contributed by atoms with Crippen LogP contribution >= 0.6 is 0 Å². The maximum absolute atomic E-state index is 12.8. The molecule has 1 aliphatic rings. The zero-order valence-electron chi connectivity index (χ0n) is 13.5. The van der Waals surface area contributed by atoms with E-state index < -0.39 is 0 Å². The number of aromatic nitrogens is 2. The average Bonchev–Trinajstić information content (AvgIpc) is 3.06. The molecule has 122 valence electrons. The summed E-state index contributed by atoms with van der Waals surface area (Å²) in [6, 6.07) is 13.6. The van der Waals surface area contributed by atoms with Crippen molar-refractivity contribution >= 4 is 17.1 Å². The highest BCUT2D eigenvalue weighted by Crippen LogP contribution is 2.25. The van der Waals surface area contributed by atoms with Crippen molar-refractivity contribution in [2.75, 3.05) is 18.8 Å². The summed E-state index contributed by atoms with van der Waals surface area (Å²) in [5.41, 5.74) is 10.0. The number of pyridine rings is 1. The van der Waals surface area contributed by atoms with Crippen LogP contribution in [-0.4, -0.2) is 33.5 Å². The number of fused-ring (bicyclic) bond motifs is 1. The molecule has 5 nitrogen and oxygen atoms in total. The molecule has 1 aromatic carbocycles. The van der Waals surface area contributed by atoms with Crippen molar-refractivity contribution in [3.8, 4) is 11.3 Å². The molecule has 0 spiro atoms. The first-order valence-corrected chi connectivity index (χ1v) is 8.36. The second-order valence-electron chi connectivity index (χ2n) is 6.24. The molecule has 0 aliphatic carbocycles. The van der Waals surface area contributed by atoms with Gasteiger partial charge in [-0.3, -0.25) is 4.79 Å². The summed E-state index contributed by atoms with van der Waals surface area (Å²) in [6.45, 7) is 1.68. The van der Waals surface area contributed by atoms with Gasteiger partial charge in [-0.25, -0.2) is 4.52 Å². The lowest BCUT2D eigenvalue weighted by Crippen LogP contribution is -2.35. The number of benzene rings is 1. The highest BCUT2D eigenvalue weighted by Gasteiger charge is 2.22. The Morgan fingerprint density at radius 1 is 1.04 bits per heavy atom. The van der Waals surface area contributed by atoms with E-state index in [1.165, 1.54) is 6.42 Å². The van der Waals surface area contributed by atoms with Crippen LogP contribution in [0.15, 0.2) is 48.7 Å². The van der Waals surface area contributed by atoms with E-state index in [1.54, 1.807) is 6.20 Å². The molecule has 1 aliphatic heterocycles. The van der Waals surface area contributed by atoms with Gasteiger partial charge in [0.05, 0.1) is 23.0 Å². The van der Waals surface area contributed by atoms with Gasteiger partial charge in [-0.2, -0.15) is 5.10 Å². The first-order chi connectivity index (χ1) is 11.7. The van der Waals surface area contributed by atoms with Gasteiger partial charge in [0.1, 0.15) is 0 Å². The molecule has 5 heteroatoms. The van der Waals surface area contributed by atoms with Crippen LogP contribution in [0.3, 0.4) is 0 Å². The summed E-state index contributed by atoms with van der Waals surface area (Å²) in [5.74, 6) is 0.0782. The van der Waals surface area contributed by atoms with Crippen molar-refractivity contribution in [2.45, 2.75) is 19.3 Å². The zero-order valence-corrected chi connectivity index (χ0v) is 13.5. The quantitative estimate of drug-likeness (QED) is 0.737. The number of rotatable bonds is 2. The number of piperidine rings is 1. The van der Waals surface area contributed by atoms with Crippen LogP contribution in [-0.2, 0) is 0 Å². The van der Waals surface area contributed by atoms with Crippen LogP contribution in [0.25, 0.3) is 16.8 Å². The van der Waals surface area contributed by atoms with Crippen LogP contribution in [0, 0.1) is 0 Å². The van der Waals surface area contributed by atoms with Crippen LogP contribution in [0.5, 0.6) is 0 Å². The minimum atomic E-state index is 0.0782. The van der Waals surface area contributed by atoms with Crippen LogP contribution in [0.2, 0.25) is 0 Å².